The van der Waals surface area contributed by atoms with E-state index in [1.54, 1.807) is 20.0 Å². The highest BCUT2D eigenvalue weighted by Crippen LogP contribution is 2.23. The number of nitrogens with zero attached hydrogens (tertiary/aromatic N) is 2. The van der Waals surface area contributed by atoms with Crippen molar-refractivity contribution < 1.29 is 5.11 Å². The molecular formula is C12H21N3O. The number of hydrogen-bond acceptors (Lipinski definition) is 3. The van der Waals surface area contributed by atoms with Crippen LogP contribution in [0, 0.1) is 0 Å². The van der Waals surface area contributed by atoms with E-state index < -0.39 is 5.60 Å². The van der Waals surface area contributed by atoms with Gasteiger partial charge in [-0.25, -0.2) is 0 Å². The van der Waals surface area contributed by atoms with Crippen LogP contribution >= 0.6 is 0 Å². The molecule has 2 N–H and O–H groups in total. The van der Waals surface area contributed by atoms with Gasteiger partial charge in [0, 0.05) is 24.3 Å². The van der Waals surface area contributed by atoms with Crippen LogP contribution in [0.4, 0.5) is 0 Å². The van der Waals surface area contributed by atoms with Gasteiger partial charge < -0.3 is 10.4 Å². The van der Waals surface area contributed by atoms with Crippen LogP contribution in [0.15, 0.2) is 12.4 Å². The lowest BCUT2D eigenvalue weighted by Gasteiger charge is -2.27. The zero-order valence-electron chi connectivity index (χ0n) is 10.3. The van der Waals surface area contributed by atoms with Crippen LogP contribution in [-0.2, 0) is 5.60 Å². The Kier molecular flexibility index (Phi) is 3.04. The van der Waals surface area contributed by atoms with Crippen LogP contribution in [0.2, 0.25) is 0 Å². The van der Waals surface area contributed by atoms with Crippen LogP contribution in [0.5, 0.6) is 0 Å². The van der Waals surface area contributed by atoms with Crippen LogP contribution < -0.4 is 5.32 Å². The average Bonchev–Trinajstić information content (AvgIpc) is 2.67. The molecule has 0 unspecified atom stereocenters. The van der Waals surface area contributed by atoms with Gasteiger partial charge in [0.15, 0.2) is 0 Å². The Hall–Kier alpha value is -0.870. The number of rotatable bonds is 2. The van der Waals surface area contributed by atoms with Crippen molar-refractivity contribution in [2.75, 3.05) is 6.54 Å². The van der Waals surface area contributed by atoms with Crippen molar-refractivity contribution in [2.24, 2.45) is 0 Å². The van der Waals surface area contributed by atoms with E-state index in [1.807, 2.05) is 10.9 Å². The Morgan fingerprint density at radius 2 is 2.25 bits per heavy atom. The minimum absolute atomic E-state index is 0.423. The smallest absolute Gasteiger partial charge is 0.0870 e. The molecule has 16 heavy (non-hydrogen) atoms. The first-order valence-electron chi connectivity index (χ1n) is 5.97. The van der Waals surface area contributed by atoms with Crippen LogP contribution in [0.1, 0.15) is 45.2 Å². The predicted molar refractivity (Wildman–Crippen MR) is 63.2 cm³/mol. The predicted octanol–water partition coefficient (Wildman–Crippen LogP) is 1.42. The van der Waals surface area contributed by atoms with E-state index in [0.29, 0.717) is 12.1 Å². The molecule has 0 saturated carbocycles. The Labute approximate surface area is 96.7 Å². The van der Waals surface area contributed by atoms with Crippen molar-refractivity contribution in [1.29, 1.82) is 0 Å². The topological polar surface area (TPSA) is 50.1 Å². The normalized spacial score (nSPS) is 27.0. The quantitative estimate of drug-likeness (QED) is 0.797. The third-order valence-electron chi connectivity index (χ3n) is 3.32. The van der Waals surface area contributed by atoms with Crippen molar-refractivity contribution in [2.45, 2.75) is 51.3 Å². The maximum Gasteiger partial charge on any atom is 0.0870 e. The summed E-state index contributed by atoms with van der Waals surface area (Å²) in [5.74, 6) is 0. The van der Waals surface area contributed by atoms with Crippen LogP contribution in [0.25, 0.3) is 0 Å². The second-order valence-corrected chi connectivity index (χ2v) is 5.31. The number of piperidine rings is 1. The molecule has 0 aliphatic carbocycles. The van der Waals surface area contributed by atoms with E-state index in [0.717, 1.165) is 18.5 Å². The summed E-state index contributed by atoms with van der Waals surface area (Å²) in [7, 11) is 0. The number of hydrogen-bond donors (Lipinski definition) is 2. The van der Waals surface area contributed by atoms with Gasteiger partial charge in [0.1, 0.15) is 0 Å². The summed E-state index contributed by atoms with van der Waals surface area (Å²) in [4.78, 5) is 0. The molecule has 0 spiro atoms. The number of aliphatic hydroxyl groups is 1. The van der Waals surface area contributed by atoms with Gasteiger partial charge in [-0.3, -0.25) is 4.68 Å². The van der Waals surface area contributed by atoms with E-state index in [1.165, 1.54) is 6.42 Å². The lowest BCUT2D eigenvalue weighted by Crippen LogP contribution is -2.38. The maximum atomic E-state index is 9.87. The van der Waals surface area contributed by atoms with E-state index in [9.17, 15) is 5.11 Å². The van der Waals surface area contributed by atoms with Crippen LogP contribution in [-0.4, -0.2) is 27.5 Å². The molecular weight excluding hydrogens is 202 g/mol. The molecule has 0 bridgehead atoms. The fraction of sp³-hybridized carbons (Fsp3) is 0.750. The lowest BCUT2D eigenvalue weighted by molar-refractivity contribution is 0.0784. The van der Waals surface area contributed by atoms with Gasteiger partial charge in [-0.1, -0.05) is 0 Å². The van der Waals surface area contributed by atoms with Crippen LogP contribution in [0.3, 0.4) is 0 Å². The summed E-state index contributed by atoms with van der Waals surface area (Å²) in [6.07, 6.45) is 6.06. The van der Waals surface area contributed by atoms with Crippen molar-refractivity contribution in [3.8, 4) is 0 Å². The van der Waals surface area contributed by atoms with Crippen molar-refractivity contribution in [1.82, 2.24) is 15.1 Å². The van der Waals surface area contributed by atoms with Gasteiger partial charge in [0.05, 0.1) is 17.8 Å². The molecule has 1 aromatic heterocycles. The van der Waals surface area contributed by atoms with Gasteiger partial charge in [-0.05, 0) is 33.6 Å². The molecule has 2 heterocycles. The lowest BCUT2D eigenvalue weighted by atomic mass is 10.0. The fourth-order valence-electron chi connectivity index (χ4n) is 2.06. The van der Waals surface area contributed by atoms with Gasteiger partial charge in [0.2, 0.25) is 0 Å². The number of nitrogens with one attached hydrogen (secondary N) is 1. The minimum Gasteiger partial charge on any atom is -0.386 e. The van der Waals surface area contributed by atoms with Gasteiger partial charge >= 0.3 is 0 Å². The molecule has 4 heteroatoms. The first kappa shape index (κ1) is 11.6. The Balaban J connectivity index is 2.08. The fourth-order valence-corrected chi connectivity index (χ4v) is 2.06. The molecule has 1 aliphatic rings. The molecule has 1 aliphatic heterocycles. The summed E-state index contributed by atoms with van der Waals surface area (Å²) >= 11 is 0. The maximum absolute atomic E-state index is 9.87. The summed E-state index contributed by atoms with van der Waals surface area (Å²) < 4.78 is 1.98. The largest absolute Gasteiger partial charge is 0.386 e. The minimum atomic E-state index is -0.798. The Morgan fingerprint density at radius 1 is 1.50 bits per heavy atom. The van der Waals surface area contributed by atoms with Gasteiger partial charge in [0.25, 0.3) is 0 Å². The van der Waals surface area contributed by atoms with E-state index >= 15 is 0 Å². The highest BCUT2D eigenvalue weighted by atomic mass is 16.3. The van der Waals surface area contributed by atoms with Crippen molar-refractivity contribution in [3.05, 3.63) is 18.0 Å². The molecule has 0 radical (unpaired) electrons. The average molecular weight is 223 g/mol. The van der Waals surface area contributed by atoms with Crippen molar-refractivity contribution >= 4 is 0 Å². The molecule has 0 aromatic carbocycles. The monoisotopic (exact) mass is 223 g/mol. The molecule has 0 amide bonds. The highest BCUT2D eigenvalue weighted by Gasteiger charge is 2.23. The third-order valence-corrected chi connectivity index (χ3v) is 3.32. The summed E-state index contributed by atoms with van der Waals surface area (Å²) in [6.45, 7) is 6.75. The highest BCUT2D eigenvalue weighted by molar-refractivity contribution is 5.12. The second kappa shape index (κ2) is 4.18. The van der Waals surface area contributed by atoms with E-state index in [2.05, 4.69) is 17.3 Å². The molecule has 2 atom stereocenters. The summed E-state index contributed by atoms with van der Waals surface area (Å²) in [5, 5.41) is 17.7. The number of aromatic nitrogens is 2. The summed E-state index contributed by atoms with van der Waals surface area (Å²) in [5.41, 5.74) is 0.0827. The first-order chi connectivity index (χ1) is 7.47. The van der Waals surface area contributed by atoms with Gasteiger partial charge in [-0.15, -0.1) is 0 Å². The molecule has 2 rings (SSSR count). The zero-order valence-corrected chi connectivity index (χ0v) is 10.3. The Bertz CT molecular complexity index is 345. The van der Waals surface area contributed by atoms with Crippen molar-refractivity contribution in [3.63, 3.8) is 0 Å². The second-order valence-electron chi connectivity index (χ2n) is 5.31. The first-order valence-corrected chi connectivity index (χ1v) is 5.97. The molecule has 1 fully saturated rings. The molecule has 90 valence electrons. The molecule has 1 aromatic rings. The van der Waals surface area contributed by atoms with E-state index in [4.69, 9.17) is 0 Å². The molecule has 4 nitrogen and oxygen atoms in total. The Morgan fingerprint density at radius 3 is 2.75 bits per heavy atom. The third kappa shape index (κ3) is 2.44. The zero-order chi connectivity index (χ0) is 11.8. The SMILES string of the molecule is C[C@@H]1CC[C@@H](n2cc(C(C)(C)O)cn2)CN1. The van der Waals surface area contributed by atoms with E-state index in [-0.39, 0.29) is 0 Å². The molecule has 1 saturated heterocycles. The summed E-state index contributed by atoms with van der Waals surface area (Å²) in [6, 6.07) is 1.04. The standard InChI is InChI=1S/C12H21N3O/c1-9-4-5-11(7-13-9)15-8-10(6-14-15)12(2,3)16/h6,8-9,11,13,16H,4-5,7H2,1-3H3/t9-,11-/m1/s1. The van der Waals surface area contributed by atoms with Gasteiger partial charge in [-0.2, -0.15) is 5.10 Å².